The van der Waals surface area contributed by atoms with E-state index in [1.165, 1.54) is 16.9 Å². The molecule has 0 fully saturated rings. The first kappa shape index (κ1) is 15.0. The molecule has 24 heavy (non-hydrogen) atoms. The summed E-state index contributed by atoms with van der Waals surface area (Å²) in [5.74, 6) is 0.812. The molecule has 2 aromatic carbocycles. The molecule has 0 aliphatic carbocycles. The van der Waals surface area contributed by atoms with Crippen LogP contribution in [0.2, 0.25) is 0 Å². The number of anilines is 1. The van der Waals surface area contributed by atoms with E-state index >= 15 is 0 Å². The van der Waals surface area contributed by atoms with Gasteiger partial charge in [0, 0.05) is 21.7 Å². The summed E-state index contributed by atoms with van der Waals surface area (Å²) in [4.78, 5) is 14.5. The predicted octanol–water partition coefficient (Wildman–Crippen LogP) is 5.18. The van der Waals surface area contributed by atoms with Crippen LogP contribution >= 0.6 is 11.3 Å². The molecule has 0 unspecified atom stereocenters. The van der Waals surface area contributed by atoms with Gasteiger partial charge in [0.1, 0.15) is 12.4 Å². The topological polar surface area (TPSA) is 38.3 Å². The number of para-hydroxylation sites is 1. The summed E-state index contributed by atoms with van der Waals surface area (Å²) in [6.07, 6.45) is 0. The lowest BCUT2D eigenvalue weighted by Gasteiger charge is -2.16. The van der Waals surface area contributed by atoms with Crippen LogP contribution in [0.15, 0.2) is 48.5 Å². The number of nitrogens with one attached hydrogen (secondary N) is 1. The summed E-state index contributed by atoms with van der Waals surface area (Å²) in [6, 6.07) is 15.9. The van der Waals surface area contributed by atoms with E-state index in [1.807, 2.05) is 56.3 Å². The number of thiophene rings is 1. The molecule has 0 spiro atoms. The average molecular weight is 335 g/mol. The number of carbonyl (C=O) groups is 1. The molecule has 0 bridgehead atoms. The summed E-state index contributed by atoms with van der Waals surface area (Å²) < 4.78 is 5.77. The highest BCUT2D eigenvalue weighted by atomic mass is 32.1. The number of fused-ring (bicyclic) bond motifs is 3. The highest BCUT2D eigenvalue weighted by molar-refractivity contribution is 7.17. The Balaban J connectivity index is 1.64. The van der Waals surface area contributed by atoms with Crippen molar-refractivity contribution >= 4 is 22.9 Å². The van der Waals surface area contributed by atoms with Crippen LogP contribution in [0.4, 0.5) is 5.69 Å². The zero-order valence-electron chi connectivity index (χ0n) is 13.6. The van der Waals surface area contributed by atoms with Crippen molar-refractivity contribution < 1.29 is 9.53 Å². The maximum atomic E-state index is 12.6. The van der Waals surface area contributed by atoms with Crippen molar-refractivity contribution in [3.05, 3.63) is 70.1 Å². The van der Waals surface area contributed by atoms with E-state index in [4.69, 9.17) is 4.74 Å². The minimum Gasteiger partial charge on any atom is -0.488 e. The minimum absolute atomic E-state index is 0.0705. The van der Waals surface area contributed by atoms with Gasteiger partial charge in [-0.15, -0.1) is 11.3 Å². The fourth-order valence-electron chi connectivity index (χ4n) is 2.95. The zero-order valence-corrected chi connectivity index (χ0v) is 14.4. The molecule has 1 aliphatic rings. The first-order chi connectivity index (χ1) is 11.6. The lowest BCUT2D eigenvalue weighted by molar-refractivity contribution is 0.103. The summed E-state index contributed by atoms with van der Waals surface area (Å²) in [5.41, 5.74) is 5.25. The van der Waals surface area contributed by atoms with Crippen LogP contribution in [0.3, 0.4) is 0 Å². The minimum atomic E-state index is -0.0705. The number of benzene rings is 2. The number of hydrogen-bond acceptors (Lipinski definition) is 3. The monoisotopic (exact) mass is 335 g/mol. The van der Waals surface area contributed by atoms with Gasteiger partial charge in [-0.1, -0.05) is 29.8 Å². The molecule has 1 aromatic heterocycles. The summed E-state index contributed by atoms with van der Waals surface area (Å²) >= 11 is 1.52. The SMILES string of the molecule is Cc1ccc(NC(=O)c2cc3c(s2)-c2ccccc2OC3)c(C)c1. The number of carbonyl (C=O) groups excluding carboxylic acids is 1. The third-order valence-electron chi connectivity index (χ3n) is 4.18. The molecule has 1 N–H and O–H groups in total. The maximum Gasteiger partial charge on any atom is 0.265 e. The van der Waals surface area contributed by atoms with Crippen molar-refractivity contribution in [1.82, 2.24) is 0 Å². The third kappa shape index (κ3) is 2.59. The molecule has 2 heterocycles. The number of ether oxygens (including phenoxy) is 1. The number of aryl methyl sites for hydroxylation is 2. The Labute approximate surface area is 144 Å². The molecular formula is C20H17NO2S. The molecule has 4 heteroatoms. The second-order valence-corrected chi connectivity index (χ2v) is 7.07. The summed E-state index contributed by atoms with van der Waals surface area (Å²) in [5, 5.41) is 3.02. The molecule has 120 valence electrons. The average Bonchev–Trinajstić information content (AvgIpc) is 3.02. The molecule has 1 aliphatic heterocycles. The van der Waals surface area contributed by atoms with E-state index in [9.17, 15) is 4.79 Å². The van der Waals surface area contributed by atoms with Gasteiger partial charge in [0.25, 0.3) is 5.91 Å². The van der Waals surface area contributed by atoms with Crippen LogP contribution in [0.5, 0.6) is 5.75 Å². The Bertz CT molecular complexity index is 943. The van der Waals surface area contributed by atoms with Crippen molar-refractivity contribution in [3.8, 4) is 16.2 Å². The highest BCUT2D eigenvalue weighted by Crippen LogP contribution is 2.42. The van der Waals surface area contributed by atoms with Gasteiger partial charge in [-0.05, 0) is 43.7 Å². The quantitative estimate of drug-likeness (QED) is 0.701. The van der Waals surface area contributed by atoms with Crippen LogP contribution in [-0.4, -0.2) is 5.91 Å². The standard InChI is InChI=1S/C20H17NO2S/c1-12-7-8-16(13(2)9-12)21-20(22)18-10-14-11-23-17-6-4-3-5-15(17)19(14)24-18/h3-10H,11H2,1-2H3,(H,21,22). The maximum absolute atomic E-state index is 12.6. The van der Waals surface area contributed by atoms with E-state index in [1.54, 1.807) is 0 Å². The third-order valence-corrected chi connectivity index (χ3v) is 5.39. The van der Waals surface area contributed by atoms with Gasteiger partial charge in [0.15, 0.2) is 0 Å². The molecule has 1 amide bonds. The van der Waals surface area contributed by atoms with E-state index < -0.39 is 0 Å². The molecule has 0 atom stereocenters. The van der Waals surface area contributed by atoms with Crippen molar-refractivity contribution in [2.75, 3.05) is 5.32 Å². The lowest BCUT2D eigenvalue weighted by Crippen LogP contribution is -2.11. The van der Waals surface area contributed by atoms with Gasteiger partial charge in [0.2, 0.25) is 0 Å². The highest BCUT2D eigenvalue weighted by Gasteiger charge is 2.22. The van der Waals surface area contributed by atoms with Crippen molar-refractivity contribution in [2.24, 2.45) is 0 Å². The molecule has 4 rings (SSSR count). The molecular weight excluding hydrogens is 318 g/mol. The van der Waals surface area contributed by atoms with Crippen LogP contribution < -0.4 is 10.1 Å². The second kappa shape index (κ2) is 5.80. The van der Waals surface area contributed by atoms with Gasteiger partial charge in [0.05, 0.1) is 4.88 Å². The van der Waals surface area contributed by atoms with Gasteiger partial charge in [-0.3, -0.25) is 4.79 Å². The Kier molecular flexibility index (Phi) is 3.62. The van der Waals surface area contributed by atoms with Gasteiger partial charge in [-0.25, -0.2) is 0 Å². The first-order valence-electron chi connectivity index (χ1n) is 7.85. The summed E-state index contributed by atoms with van der Waals surface area (Å²) in [6.45, 7) is 4.56. The fourth-order valence-corrected chi connectivity index (χ4v) is 4.04. The molecule has 3 nitrogen and oxygen atoms in total. The number of hydrogen-bond donors (Lipinski definition) is 1. The number of rotatable bonds is 2. The van der Waals surface area contributed by atoms with Crippen LogP contribution in [0, 0.1) is 13.8 Å². The molecule has 0 radical (unpaired) electrons. The van der Waals surface area contributed by atoms with Crippen molar-refractivity contribution in [3.63, 3.8) is 0 Å². The smallest absolute Gasteiger partial charge is 0.265 e. The summed E-state index contributed by atoms with van der Waals surface area (Å²) in [7, 11) is 0. The van der Waals surface area contributed by atoms with Crippen LogP contribution in [-0.2, 0) is 6.61 Å². The van der Waals surface area contributed by atoms with Crippen LogP contribution in [0.25, 0.3) is 10.4 Å². The van der Waals surface area contributed by atoms with E-state index in [0.29, 0.717) is 11.5 Å². The van der Waals surface area contributed by atoms with E-state index in [0.717, 1.165) is 33.0 Å². The normalized spacial score (nSPS) is 12.1. The molecule has 3 aromatic rings. The lowest BCUT2D eigenvalue weighted by atomic mass is 10.1. The second-order valence-electron chi connectivity index (χ2n) is 6.02. The molecule has 0 saturated carbocycles. The van der Waals surface area contributed by atoms with Crippen LogP contribution in [0.1, 0.15) is 26.4 Å². The number of amides is 1. The van der Waals surface area contributed by atoms with E-state index in [-0.39, 0.29) is 5.91 Å². The first-order valence-corrected chi connectivity index (χ1v) is 8.67. The van der Waals surface area contributed by atoms with Crippen molar-refractivity contribution in [1.29, 1.82) is 0 Å². The van der Waals surface area contributed by atoms with E-state index in [2.05, 4.69) is 11.4 Å². The van der Waals surface area contributed by atoms with Gasteiger partial charge >= 0.3 is 0 Å². The Morgan fingerprint density at radius 1 is 1.12 bits per heavy atom. The predicted molar refractivity (Wildman–Crippen MR) is 98.0 cm³/mol. The zero-order chi connectivity index (χ0) is 16.7. The largest absolute Gasteiger partial charge is 0.488 e. The Morgan fingerprint density at radius 2 is 1.96 bits per heavy atom. The van der Waals surface area contributed by atoms with Gasteiger partial charge in [-0.2, -0.15) is 0 Å². The fraction of sp³-hybridized carbons (Fsp3) is 0.150. The van der Waals surface area contributed by atoms with Gasteiger partial charge < -0.3 is 10.1 Å². The Hall–Kier alpha value is -2.59. The molecule has 0 saturated heterocycles. The Morgan fingerprint density at radius 3 is 2.79 bits per heavy atom. The van der Waals surface area contributed by atoms with Crippen molar-refractivity contribution in [2.45, 2.75) is 20.5 Å².